The van der Waals surface area contributed by atoms with Gasteiger partial charge in [0.15, 0.2) is 0 Å². The molecule has 2 N–H and O–H groups in total. The molecule has 0 amide bonds. The van der Waals surface area contributed by atoms with E-state index in [1.165, 1.54) is 0 Å². The molecule has 0 aliphatic carbocycles. The Morgan fingerprint density at radius 3 is 2.48 bits per heavy atom. The van der Waals surface area contributed by atoms with E-state index >= 15 is 0 Å². The van der Waals surface area contributed by atoms with E-state index in [2.05, 4.69) is 34.1 Å². The first-order valence-corrected chi connectivity index (χ1v) is 10.5. The molecule has 1 heterocycles. The zero-order valence-corrected chi connectivity index (χ0v) is 16.8. The number of aromatic nitrogens is 1. The Hall–Kier alpha value is -1.47. The fraction of sp³-hybridized carbons (Fsp3) is 0.667. The van der Waals surface area contributed by atoms with Crippen LogP contribution in [0, 0.1) is 18.8 Å². The predicted octanol–water partition coefficient (Wildman–Crippen LogP) is 3.56. The lowest BCUT2D eigenvalue weighted by Crippen LogP contribution is -2.32. The van der Waals surface area contributed by atoms with Gasteiger partial charge in [-0.3, -0.25) is 5.43 Å². The maximum Gasteiger partial charge on any atom is 0.213 e. The number of hydrogen-bond donors (Lipinski definition) is 2. The average Bonchev–Trinajstić information content (AvgIpc) is 2.54. The normalized spacial score (nSPS) is 14.8. The molecule has 7 heteroatoms. The summed E-state index contributed by atoms with van der Waals surface area (Å²) >= 11 is 0. The second-order valence-corrected chi connectivity index (χ2v) is 9.37. The molecule has 0 aliphatic heterocycles. The van der Waals surface area contributed by atoms with Gasteiger partial charge in [0.1, 0.15) is 5.82 Å². The summed E-state index contributed by atoms with van der Waals surface area (Å²) in [7, 11) is -3.15. The van der Waals surface area contributed by atoms with Gasteiger partial charge in [0.2, 0.25) is 10.0 Å². The van der Waals surface area contributed by atoms with Crippen molar-refractivity contribution < 1.29 is 8.42 Å². The van der Waals surface area contributed by atoms with Gasteiger partial charge in [0.25, 0.3) is 0 Å². The average molecular weight is 369 g/mol. The van der Waals surface area contributed by atoms with Crippen LogP contribution in [0.4, 0.5) is 5.82 Å². The van der Waals surface area contributed by atoms with Crippen molar-refractivity contribution in [1.82, 2.24) is 9.71 Å². The summed E-state index contributed by atoms with van der Waals surface area (Å²) < 4.78 is 26.0. The van der Waals surface area contributed by atoms with Crippen LogP contribution in [-0.4, -0.2) is 31.4 Å². The maximum absolute atomic E-state index is 11.7. The topological polar surface area (TPSA) is 83.5 Å². The first-order valence-electron chi connectivity index (χ1n) is 8.91. The van der Waals surface area contributed by atoms with E-state index in [0.29, 0.717) is 18.4 Å². The molecular formula is C18H32N4O2S. The maximum atomic E-state index is 11.7. The molecule has 25 heavy (non-hydrogen) atoms. The zero-order valence-electron chi connectivity index (χ0n) is 16.0. The Balaban J connectivity index is 2.23. The number of pyridine rings is 1. The molecule has 142 valence electrons. The van der Waals surface area contributed by atoms with Gasteiger partial charge in [0, 0.05) is 19.0 Å². The summed E-state index contributed by atoms with van der Waals surface area (Å²) in [5.74, 6) is 1.56. The van der Waals surface area contributed by atoms with Gasteiger partial charge >= 0.3 is 0 Å². The summed E-state index contributed by atoms with van der Waals surface area (Å²) in [5.41, 5.74) is 4.05. The van der Waals surface area contributed by atoms with Crippen molar-refractivity contribution in [3.63, 3.8) is 0 Å². The number of aryl methyl sites for hydroxylation is 1. The molecule has 0 radical (unpaired) electrons. The molecule has 2 atom stereocenters. The highest BCUT2D eigenvalue weighted by Gasteiger charge is 2.15. The summed E-state index contributed by atoms with van der Waals surface area (Å²) in [6.07, 6.45) is 6.61. The molecule has 0 saturated carbocycles. The van der Waals surface area contributed by atoms with E-state index in [9.17, 15) is 8.42 Å². The molecule has 0 aliphatic rings. The highest BCUT2D eigenvalue weighted by molar-refractivity contribution is 7.90. The van der Waals surface area contributed by atoms with Gasteiger partial charge in [-0.25, -0.2) is 18.1 Å². The minimum absolute atomic E-state index is 0.354. The van der Waals surface area contributed by atoms with Crippen LogP contribution >= 0.6 is 0 Å². The number of sulfonamides is 1. The fourth-order valence-corrected chi connectivity index (χ4v) is 2.88. The van der Waals surface area contributed by atoms with Crippen LogP contribution in [0.1, 0.15) is 52.5 Å². The van der Waals surface area contributed by atoms with Crippen LogP contribution in [-0.2, 0) is 10.0 Å². The number of nitrogens with zero attached hydrogens (tertiary/aromatic N) is 2. The van der Waals surface area contributed by atoms with Crippen LogP contribution in [0.25, 0.3) is 0 Å². The van der Waals surface area contributed by atoms with E-state index in [1.807, 2.05) is 25.3 Å². The van der Waals surface area contributed by atoms with Gasteiger partial charge in [-0.2, -0.15) is 5.10 Å². The summed E-state index contributed by atoms with van der Waals surface area (Å²) in [6, 6.07) is 3.89. The van der Waals surface area contributed by atoms with Crippen LogP contribution in [0.15, 0.2) is 23.4 Å². The van der Waals surface area contributed by atoms with Gasteiger partial charge in [-0.05, 0) is 57.1 Å². The van der Waals surface area contributed by atoms with E-state index in [1.54, 1.807) is 20.0 Å². The van der Waals surface area contributed by atoms with E-state index in [0.717, 1.165) is 30.6 Å². The van der Waals surface area contributed by atoms with Crippen LogP contribution < -0.4 is 10.1 Å². The minimum atomic E-state index is -3.15. The highest BCUT2D eigenvalue weighted by atomic mass is 32.2. The summed E-state index contributed by atoms with van der Waals surface area (Å²) in [5, 5.41) is 3.85. The Labute approximate surface area is 152 Å². The van der Waals surface area contributed by atoms with Crippen LogP contribution in [0.3, 0.4) is 0 Å². The molecule has 1 aromatic rings. The largest absolute Gasteiger partial charge is 0.262 e. The third kappa shape index (κ3) is 8.97. The summed E-state index contributed by atoms with van der Waals surface area (Å²) in [6.45, 7) is 10.2. The fourth-order valence-electron chi connectivity index (χ4n) is 2.15. The quantitative estimate of drug-likeness (QED) is 0.462. The smallest absolute Gasteiger partial charge is 0.213 e. The monoisotopic (exact) mass is 368 g/mol. The third-order valence-corrected chi connectivity index (χ3v) is 5.94. The highest BCUT2D eigenvalue weighted by Crippen LogP contribution is 2.14. The number of nitrogens with one attached hydrogen (secondary N) is 2. The Morgan fingerprint density at radius 2 is 1.88 bits per heavy atom. The van der Waals surface area contributed by atoms with Gasteiger partial charge in [-0.15, -0.1) is 0 Å². The first-order chi connectivity index (χ1) is 11.7. The molecule has 0 spiro atoms. The Morgan fingerprint density at radius 1 is 1.16 bits per heavy atom. The SMILES string of the molecule is Cc1ccc(N/N=C/C(C)CCC(C)CCNS(=O)(=O)C(C)C)nc1. The zero-order chi connectivity index (χ0) is 18.9. The van der Waals surface area contributed by atoms with Crippen LogP contribution in [0.5, 0.6) is 0 Å². The Bertz CT molecular complexity index is 627. The molecule has 1 rings (SSSR count). The second kappa shape index (κ2) is 10.5. The number of anilines is 1. The molecule has 6 nitrogen and oxygen atoms in total. The van der Waals surface area contributed by atoms with Crippen molar-refractivity contribution in [2.24, 2.45) is 16.9 Å². The number of hydrogen-bond acceptors (Lipinski definition) is 5. The van der Waals surface area contributed by atoms with Crippen molar-refractivity contribution in [2.45, 2.75) is 59.1 Å². The third-order valence-electron chi connectivity index (χ3n) is 4.10. The summed E-state index contributed by atoms with van der Waals surface area (Å²) in [4.78, 5) is 4.23. The van der Waals surface area contributed by atoms with Crippen molar-refractivity contribution in [2.75, 3.05) is 12.0 Å². The molecule has 0 fully saturated rings. The number of hydrazone groups is 1. The number of rotatable bonds is 11. The predicted molar refractivity (Wildman–Crippen MR) is 105 cm³/mol. The standard InChI is InChI=1S/C18H32N4O2S/c1-14(2)25(23,24)21-11-10-15(3)6-7-17(5)13-20-22-18-9-8-16(4)12-19-18/h8-9,12-15,17,21H,6-7,10-11H2,1-5H3,(H,19,22)/b20-13+. The lowest BCUT2D eigenvalue weighted by atomic mass is 9.96. The molecular weight excluding hydrogens is 336 g/mol. The van der Waals surface area contributed by atoms with Gasteiger partial charge in [0.05, 0.1) is 5.25 Å². The van der Waals surface area contributed by atoms with Gasteiger partial charge < -0.3 is 0 Å². The van der Waals surface area contributed by atoms with Crippen molar-refractivity contribution >= 4 is 22.1 Å². The minimum Gasteiger partial charge on any atom is -0.262 e. The van der Waals surface area contributed by atoms with Gasteiger partial charge in [-0.1, -0.05) is 26.3 Å². The van der Waals surface area contributed by atoms with E-state index in [-0.39, 0.29) is 5.25 Å². The van der Waals surface area contributed by atoms with E-state index in [4.69, 9.17) is 0 Å². The first kappa shape index (κ1) is 21.6. The van der Waals surface area contributed by atoms with Crippen molar-refractivity contribution in [1.29, 1.82) is 0 Å². The van der Waals surface area contributed by atoms with E-state index < -0.39 is 10.0 Å². The molecule has 1 aromatic heterocycles. The molecule has 0 aromatic carbocycles. The second-order valence-electron chi connectivity index (χ2n) is 7.05. The van der Waals surface area contributed by atoms with Crippen LogP contribution in [0.2, 0.25) is 0 Å². The molecule has 0 bridgehead atoms. The lowest BCUT2D eigenvalue weighted by molar-refractivity contribution is 0.451. The Kier molecular flexibility index (Phi) is 9.06. The van der Waals surface area contributed by atoms with Crippen molar-refractivity contribution in [3.8, 4) is 0 Å². The van der Waals surface area contributed by atoms with Crippen molar-refractivity contribution in [3.05, 3.63) is 23.9 Å². The molecule has 2 unspecified atom stereocenters. The molecule has 0 saturated heterocycles. The lowest BCUT2D eigenvalue weighted by Gasteiger charge is -2.14.